The molecule has 0 radical (unpaired) electrons. The molecule has 2 atom stereocenters. The van der Waals surface area contributed by atoms with Crippen molar-refractivity contribution in [2.75, 3.05) is 18.4 Å². The summed E-state index contributed by atoms with van der Waals surface area (Å²) in [4.78, 5) is 31.9. The lowest BCUT2D eigenvalue weighted by molar-refractivity contribution is -0.0585. The molecule has 4 rings (SSSR count). The molecule has 3 aromatic rings. The summed E-state index contributed by atoms with van der Waals surface area (Å²) in [7, 11) is 0. The first-order valence-corrected chi connectivity index (χ1v) is 10.2. The van der Waals surface area contributed by atoms with Crippen LogP contribution in [0.5, 0.6) is 0 Å². The predicted molar refractivity (Wildman–Crippen MR) is 110 cm³/mol. The second-order valence-electron chi connectivity index (χ2n) is 6.98. The van der Waals surface area contributed by atoms with Gasteiger partial charge in [-0.15, -0.1) is 11.3 Å². The highest BCUT2D eigenvalue weighted by atomic mass is 32.1. The number of aromatic nitrogens is 1. The molecule has 0 spiro atoms. The molecule has 2 aromatic heterocycles. The van der Waals surface area contributed by atoms with Crippen LogP contribution in [0, 0.1) is 0 Å². The van der Waals surface area contributed by atoms with Gasteiger partial charge in [-0.25, -0.2) is 4.98 Å². The Hall–Kier alpha value is -2.97. The summed E-state index contributed by atoms with van der Waals surface area (Å²) in [6.07, 6.45) is 1.50. The third-order valence-corrected chi connectivity index (χ3v) is 5.44. The number of ether oxygens (including phenoxy) is 1. The summed E-state index contributed by atoms with van der Waals surface area (Å²) in [5.41, 5.74) is 1.18. The summed E-state index contributed by atoms with van der Waals surface area (Å²) < 4.78 is 11.0. The number of benzene rings is 1. The number of rotatable bonds is 4. The zero-order chi connectivity index (χ0) is 20.4. The van der Waals surface area contributed by atoms with E-state index in [1.54, 1.807) is 52.9 Å². The van der Waals surface area contributed by atoms with Crippen molar-refractivity contribution in [3.63, 3.8) is 0 Å². The van der Waals surface area contributed by atoms with E-state index in [9.17, 15) is 9.59 Å². The lowest BCUT2D eigenvalue weighted by atomic mass is 10.1. The number of furan rings is 1. The number of nitrogens with one attached hydrogen (secondary N) is 1. The number of morpholine rings is 1. The topological polar surface area (TPSA) is 84.7 Å². The van der Waals surface area contributed by atoms with Crippen molar-refractivity contribution >= 4 is 28.8 Å². The smallest absolute Gasteiger partial charge is 0.275 e. The van der Waals surface area contributed by atoms with E-state index >= 15 is 0 Å². The van der Waals surface area contributed by atoms with Crippen molar-refractivity contribution in [2.24, 2.45) is 0 Å². The summed E-state index contributed by atoms with van der Waals surface area (Å²) >= 11 is 1.33. The Bertz CT molecular complexity index is 1000. The maximum Gasteiger partial charge on any atom is 0.275 e. The molecular formula is C21H21N3O4S. The van der Waals surface area contributed by atoms with Gasteiger partial charge in [-0.1, -0.05) is 12.1 Å². The van der Waals surface area contributed by atoms with Crippen molar-refractivity contribution in [3.05, 3.63) is 59.3 Å². The Morgan fingerprint density at radius 3 is 2.62 bits per heavy atom. The molecule has 0 saturated carbocycles. The summed E-state index contributed by atoms with van der Waals surface area (Å²) in [6.45, 7) is 4.93. The lowest BCUT2D eigenvalue weighted by Crippen LogP contribution is -2.48. The van der Waals surface area contributed by atoms with Crippen molar-refractivity contribution in [3.8, 4) is 10.8 Å². The van der Waals surface area contributed by atoms with Crippen molar-refractivity contribution < 1.29 is 18.7 Å². The number of thiazole rings is 1. The standard InChI is InChI=1S/C21H21N3O4S/c1-13-10-24(11-14(2)28-13)21(26)15-6-3-4-7-16(15)22-19(25)17-12-29-20(23-17)18-8-5-9-27-18/h3-9,12-14H,10-11H2,1-2H3,(H,22,25)/t13-,14+. The molecule has 1 aliphatic heterocycles. The minimum Gasteiger partial charge on any atom is -0.462 e. The number of hydrogen-bond acceptors (Lipinski definition) is 6. The van der Waals surface area contributed by atoms with Crippen LogP contribution in [0.1, 0.15) is 34.7 Å². The SMILES string of the molecule is C[C@@H]1CN(C(=O)c2ccccc2NC(=O)c2csc(-c3ccco3)n2)C[C@H](C)O1. The van der Waals surface area contributed by atoms with E-state index in [4.69, 9.17) is 9.15 Å². The molecule has 29 heavy (non-hydrogen) atoms. The number of para-hydroxylation sites is 1. The first-order chi connectivity index (χ1) is 14.0. The number of amides is 2. The van der Waals surface area contributed by atoms with E-state index < -0.39 is 0 Å². The first kappa shape index (κ1) is 19.4. The van der Waals surface area contributed by atoms with Gasteiger partial charge in [0.2, 0.25) is 0 Å². The van der Waals surface area contributed by atoms with Crippen LogP contribution >= 0.6 is 11.3 Å². The zero-order valence-electron chi connectivity index (χ0n) is 16.1. The second-order valence-corrected chi connectivity index (χ2v) is 7.84. The maximum atomic E-state index is 13.1. The van der Waals surface area contributed by atoms with Gasteiger partial charge in [-0.3, -0.25) is 9.59 Å². The van der Waals surface area contributed by atoms with Gasteiger partial charge in [0.05, 0.1) is 29.7 Å². The third kappa shape index (κ3) is 4.23. The molecule has 1 saturated heterocycles. The Morgan fingerprint density at radius 2 is 1.90 bits per heavy atom. The number of nitrogens with zero attached hydrogens (tertiary/aromatic N) is 2. The summed E-state index contributed by atoms with van der Waals surface area (Å²) in [5, 5.41) is 5.12. The summed E-state index contributed by atoms with van der Waals surface area (Å²) in [6, 6.07) is 10.6. The van der Waals surface area contributed by atoms with Gasteiger partial charge in [0.25, 0.3) is 11.8 Å². The molecule has 0 unspecified atom stereocenters. The average Bonchev–Trinajstić information content (AvgIpc) is 3.39. The molecule has 0 aliphatic carbocycles. The molecule has 3 heterocycles. The second kappa shape index (κ2) is 8.18. The average molecular weight is 411 g/mol. The van der Waals surface area contributed by atoms with Crippen LogP contribution in [0.2, 0.25) is 0 Å². The van der Waals surface area contributed by atoms with E-state index in [1.807, 2.05) is 13.8 Å². The number of anilines is 1. The third-order valence-electron chi connectivity index (χ3n) is 4.58. The fourth-order valence-corrected chi connectivity index (χ4v) is 4.14. The molecule has 1 N–H and O–H groups in total. The molecule has 8 heteroatoms. The van der Waals surface area contributed by atoms with Crippen molar-refractivity contribution in [2.45, 2.75) is 26.1 Å². The fourth-order valence-electron chi connectivity index (χ4n) is 3.37. The Balaban J connectivity index is 1.52. The van der Waals surface area contributed by atoms with Gasteiger partial charge in [0.1, 0.15) is 5.69 Å². The van der Waals surface area contributed by atoms with Gasteiger partial charge in [-0.05, 0) is 38.1 Å². The molecule has 2 amide bonds. The highest BCUT2D eigenvalue weighted by Crippen LogP contribution is 2.25. The van der Waals surface area contributed by atoms with Crippen LogP contribution in [0.3, 0.4) is 0 Å². The monoisotopic (exact) mass is 411 g/mol. The van der Waals surface area contributed by atoms with Gasteiger partial charge >= 0.3 is 0 Å². The number of carbonyl (C=O) groups excluding carboxylic acids is 2. The number of carbonyl (C=O) groups is 2. The molecular weight excluding hydrogens is 390 g/mol. The maximum absolute atomic E-state index is 13.1. The van der Waals surface area contributed by atoms with E-state index in [2.05, 4.69) is 10.3 Å². The Morgan fingerprint density at radius 1 is 1.14 bits per heavy atom. The quantitative estimate of drug-likeness (QED) is 0.704. The Kier molecular flexibility index (Phi) is 5.46. The Labute approximate surface area is 172 Å². The number of hydrogen-bond donors (Lipinski definition) is 1. The van der Waals surface area contributed by atoms with Crippen LogP contribution in [0.25, 0.3) is 10.8 Å². The molecule has 7 nitrogen and oxygen atoms in total. The van der Waals surface area contributed by atoms with Crippen LogP contribution < -0.4 is 5.32 Å². The highest BCUT2D eigenvalue weighted by molar-refractivity contribution is 7.13. The lowest BCUT2D eigenvalue weighted by Gasteiger charge is -2.35. The van der Waals surface area contributed by atoms with Gasteiger partial charge < -0.3 is 19.4 Å². The van der Waals surface area contributed by atoms with E-state index in [1.165, 1.54) is 11.3 Å². The van der Waals surface area contributed by atoms with E-state index in [0.717, 1.165) is 0 Å². The first-order valence-electron chi connectivity index (χ1n) is 9.36. The van der Waals surface area contributed by atoms with E-state index in [-0.39, 0.29) is 29.7 Å². The van der Waals surface area contributed by atoms with Crippen LogP contribution in [-0.4, -0.2) is 47.0 Å². The molecule has 0 bridgehead atoms. The van der Waals surface area contributed by atoms with Crippen molar-refractivity contribution in [1.82, 2.24) is 9.88 Å². The van der Waals surface area contributed by atoms with Crippen LogP contribution in [0.4, 0.5) is 5.69 Å². The minimum atomic E-state index is -0.372. The highest BCUT2D eigenvalue weighted by Gasteiger charge is 2.28. The van der Waals surface area contributed by atoms with E-state index in [0.29, 0.717) is 35.1 Å². The molecule has 150 valence electrons. The normalized spacial score (nSPS) is 19.2. The largest absolute Gasteiger partial charge is 0.462 e. The summed E-state index contributed by atoms with van der Waals surface area (Å²) in [5.74, 6) is 0.112. The molecule has 1 aliphatic rings. The minimum absolute atomic E-state index is 0.0283. The predicted octanol–water partition coefficient (Wildman–Crippen LogP) is 3.90. The van der Waals surface area contributed by atoms with Crippen LogP contribution in [-0.2, 0) is 4.74 Å². The van der Waals surface area contributed by atoms with Gasteiger partial charge in [0.15, 0.2) is 10.8 Å². The molecule has 1 fully saturated rings. The zero-order valence-corrected chi connectivity index (χ0v) is 16.9. The van der Waals surface area contributed by atoms with Gasteiger partial charge in [-0.2, -0.15) is 0 Å². The van der Waals surface area contributed by atoms with Crippen molar-refractivity contribution in [1.29, 1.82) is 0 Å². The van der Waals surface area contributed by atoms with Gasteiger partial charge in [0, 0.05) is 18.5 Å². The fraction of sp³-hybridized carbons (Fsp3) is 0.286. The molecule has 1 aromatic carbocycles. The van der Waals surface area contributed by atoms with Crippen LogP contribution in [0.15, 0.2) is 52.5 Å².